The molecule has 1 aliphatic rings. The average Bonchev–Trinajstić information content (AvgIpc) is 2.84. The molecule has 0 aliphatic heterocycles. The van der Waals surface area contributed by atoms with Crippen molar-refractivity contribution in [2.75, 3.05) is 46.2 Å². The van der Waals surface area contributed by atoms with E-state index in [1.54, 1.807) is 0 Å². The highest BCUT2D eigenvalue weighted by molar-refractivity contribution is 5.47. The number of aliphatic hydroxyl groups is 3. The molecule has 3 rings (SSSR count). The fourth-order valence-corrected chi connectivity index (χ4v) is 4.64. The maximum Gasteiger partial charge on any atom is 0.122 e. The molecular formula is C26H36O6. The van der Waals surface area contributed by atoms with Crippen molar-refractivity contribution in [2.24, 2.45) is 0 Å². The van der Waals surface area contributed by atoms with E-state index in [1.165, 1.54) is 30.4 Å². The highest BCUT2D eigenvalue weighted by Crippen LogP contribution is 2.46. The lowest BCUT2D eigenvalue weighted by atomic mass is 9.65. The van der Waals surface area contributed by atoms with Crippen LogP contribution in [0.5, 0.6) is 11.5 Å². The van der Waals surface area contributed by atoms with E-state index in [4.69, 9.17) is 24.4 Å². The highest BCUT2D eigenvalue weighted by Gasteiger charge is 2.36. The summed E-state index contributed by atoms with van der Waals surface area (Å²) in [4.78, 5) is 0. The number of rotatable bonds is 13. The van der Waals surface area contributed by atoms with Gasteiger partial charge < -0.3 is 29.5 Å². The maximum absolute atomic E-state index is 9.63. The predicted octanol–water partition coefficient (Wildman–Crippen LogP) is 3.23. The van der Waals surface area contributed by atoms with Crippen LogP contribution in [0.2, 0.25) is 0 Å². The average molecular weight is 445 g/mol. The van der Waals surface area contributed by atoms with E-state index in [2.05, 4.69) is 24.3 Å². The molecule has 0 heterocycles. The molecule has 0 spiro atoms. The number of hydrogen-bond donors (Lipinski definition) is 3. The molecule has 2 aromatic rings. The van der Waals surface area contributed by atoms with Gasteiger partial charge in [0, 0.05) is 12.0 Å². The topological polar surface area (TPSA) is 88.4 Å². The van der Waals surface area contributed by atoms with Gasteiger partial charge in [0.2, 0.25) is 0 Å². The van der Waals surface area contributed by atoms with Gasteiger partial charge in [-0.15, -0.1) is 0 Å². The first-order valence-corrected chi connectivity index (χ1v) is 11.6. The van der Waals surface area contributed by atoms with E-state index in [0.29, 0.717) is 32.8 Å². The third-order valence-corrected chi connectivity index (χ3v) is 6.19. The molecule has 176 valence electrons. The first kappa shape index (κ1) is 24.5. The van der Waals surface area contributed by atoms with Crippen LogP contribution < -0.4 is 9.47 Å². The van der Waals surface area contributed by atoms with Gasteiger partial charge in [-0.25, -0.2) is 0 Å². The lowest BCUT2D eigenvalue weighted by molar-refractivity contribution is 0.0702. The molecule has 0 atom stereocenters. The largest absolute Gasteiger partial charge is 0.491 e. The number of hydrogen-bond acceptors (Lipinski definition) is 6. The second kappa shape index (κ2) is 12.8. The van der Waals surface area contributed by atoms with Gasteiger partial charge in [-0.3, -0.25) is 0 Å². The van der Waals surface area contributed by atoms with Gasteiger partial charge in [-0.05, 0) is 54.2 Å². The number of benzene rings is 2. The van der Waals surface area contributed by atoms with Crippen molar-refractivity contribution in [3.05, 3.63) is 59.2 Å². The Morgan fingerprint density at radius 1 is 0.688 bits per heavy atom. The van der Waals surface area contributed by atoms with Crippen molar-refractivity contribution >= 4 is 0 Å². The molecule has 6 nitrogen and oxygen atoms in total. The molecule has 0 unspecified atom stereocenters. The second-order valence-electron chi connectivity index (χ2n) is 8.22. The highest BCUT2D eigenvalue weighted by atomic mass is 16.5. The standard InChI is InChI=1S/C26H36O6/c27-13-10-21-20-23(6-9-25(21)32-19-18-30-16-14-28)26(11-2-1-3-12-26)22-4-7-24(8-5-22)31-17-15-29/h4-9,20,27-29H,1-3,10-19H2. The van der Waals surface area contributed by atoms with Crippen LogP contribution in [-0.2, 0) is 16.6 Å². The fraction of sp³-hybridized carbons (Fsp3) is 0.538. The monoisotopic (exact) mass is 444 g/mol. The smallest absolute Gasteiger partial charge is 0.122 e. The van der Waals surface area contributed by atoms with Crippen LogP contribution in [0.4, 0.5) is 0 Å². The molecule has 0 radical (unpaired) electrons. The SMILES string of the molecule is OCCOCCOc1ccc(C2(c3ccc(OCCO)cc3)CCCCC2)cc1CCO. The predicted molar refractivity (Wildman–Crippen MR) is 124 cm³/mol. The van der Waals surface area contributed by atoms with Crippen molar-refractivity contribution in [3.63, 3.8) is 0 Å². The normalized spacial score (nSPS) is 15.5. The Balaban J connectivity index is 1.85. The Labute approximate surface area is 190 Å². The minimum atomic E-state index is -0.0687. The van der Waals surface area contributed by atoms with Gasteiger partial charge >= 0.3 is 0 Å². The van der Waals surface area contributed by atoms with Crippen LogP contribution >= 0.6 is 0 Å². The van der Waals surface area contributed by atoms with Gasteiger partial charge in [-0.2, -0.15) is 0 Å². The summed E-state index contributed by atoms with van der Waals surface area (Å²) >= 11 is 0. The van der Waals surface area contributed by atoms with Crippen LogP contribution in [0.3, 0.4) is 0 Å². The van der Waals surface area contributed by atoms with Gasteiger partial charge in [0.15, 0.2) is 0 Å². The molecule has 0 aromatic heterocycles. The Hall–Kier alpha value is -2.12. The molecule has 2 aromatic carbocycles. The zero-order valence-corrected chi connectivity index (χ0v) is 18.8. The van der Waals surface area contributed by atoms with Crippen molar-refractivity contribution in [2.45, 2.75) is 43.9 Å². The van der Waals surface area contributed by atoms with E-state index >= 15 is 0 Å². The third kappa shape index (κ3) is 6.23. The summed E-state index contributed by atoms with van der Waals surface area (Å²) in [5.74, 6) is 1.54. The molecule has 3 N–H and O–H groups in total. The van der Waals surface area contributed by atoms with Crippen molar-refractivity contribution in [3.8, 4) is 11.5 Å². The van der Waals surface area contributed by atoms with Crippen LogP contribution in [-0.4, -0.2) is 61.6 Å². The summed E-state index contributed by atoms with van der Waals surface area (Å²) in [6.07, 6.45) is 6.30. The molecular weight excluding hydrogens is 408 g/mol. The molecule has 1 aliphatic carbocycles. The number of aliphatic hydroxyl groups excluding tert-OH is 3. The van der Waals surface area contributed by atoms with E-state index in [-0.39, 0.29) is 25.2 Å². The van der Waals surface area contributed by atoms with Crippen LogP contribution in [0.1, 0.15) is 48.8 Å². The van der Waals surface area contributed by atoms with E-state index in [0.717, 1.165) is 29.9 Å². The Kier molecular flexibility index (Phi) is 9.81. The third-order valence-electron chi connectivity index (χ3n) is 6.19. The maximum atomic E-state index is 9.63. The van der Waals surface area contributed by atoms with Crippen LogP contribution in [0, 0.1) is 0 Å². The van der Waals surface area contributed by atoms with E-state index in [9.17, 15) is 5.11 Å². The Morgan fingerprint density at radius 2 is 1.41 bits per heavy atom. The zero-order chi connectivity index (χ0) is 22.7. The van der Waals surface area contributed by atoms with Gasteiger partial charge in [0.25, 0.3) is 0 Å². The Morgan fingerprint density at radius 3 is 2.09 bits per heavy atom. The summed E-state index contributed by atoms with van der Waals surface area (Å²) in [7, 11) is 0. The first-order chi connectivity index (χ1) is 15.7. The minimum absolute atomic E-state index is 0.00107. The molecule has 32 heavy (non-hydrogen) atoms. The van der Waals surface area contributed by atoms with Crippen molar-refractivity contribution in [1.82, 2.24) is 0 Å². The molecule has 1 saturated carbocycles. The molecule has 6 heteroatoms. The van der Waals surface area contributed by atoms with E-state index in [1.807, 2.05) is 18.2 Å². The van der Waals surface area contributed by atoms with Gasteiger partial charge in [0.05, 0.1) is 26.4 Å². The summed E-state index contributed by atoms with van der Waals surface area (Å²) < 4.78 is 16.7. The second-order valence-corrected chi connectivity index (χ2v) is 8.22. The molecule has 0 bridgehead atoms. The van der Waals surface area contributed by atoms with E-state index < -0.39 is 0 Å². The molecule has 0 amide bonds. The molecule has 1 fully saturated rings. The first-order valence-electron chi connectivity index (χ1n) is 11.6. The van der Waals surface area contributed by atoms with Crippen LogP contribution in [0.15, 0.2) is 42.5 Å². The van der Waals surface area contributed by atoms with Crippen molar-refractivity contribution < 1.29 is 29.5 Å². The zero-order valence-electron chi connectivity index (χ0n) is 18.8. The summed E-state index contributed by atoms with van der Waals surface area (Å²) in [6, 6.07) is 14.6. The summed E-state index contributed by atoms with van der Waals surface area (Å²) in [5.41, 5.74) is 3.46. The lowest BCUT2D eigenvalue weighted by Crippen LogP contribution is -2.30. The van der Waals surface area contributed by atoms with Crippen LogP contribution in [0.25, 0.3) is 0 Å². The van der Waals surface area contributed by atoms with Gasteiger partial charge in [-0.1, -0.05) is 43.5 Å². The Bertz CT molecular complexity index is 798. The molecule has 0 saturated heterocycles. The summed E-state index contributed by atoms with van der Waals surface area (Å²) in [5, 5.41) is 27.4. The fourth-order valence-electron chi connectivity index (χ4n) is 4.64. The quantitative estimate of drug-likeness (QED) is 0.411. The summed E-state index contributed by atoms with van der Waals surface area (Å²) in [6.45, 7) is 1.47. The minimum Gasteiger partial charge on any atom is -0.491 e. The van der Waals surface area contributed by atoms with Gasteiger partial charge in [0.1, 0.15) is 24.7 Å². The van der Waals surface area contributed by atoms with Crippen molar-refractivity contribution in [1.29, 1.82) is 0 Å². The number of ether oxygens (including phenoxy) is 3. The lowest BCUT2D eigenvalue weighted by Gasteiger charge is -2.39.